The van der Waals surface area contributed by atoms with Crippen molar-refractivity contribution in [2.24, 2.45) is 16.3 Å². The molecule has 0 bridgehead atoms. The van der Waals surface area contributed by atoms with Gasteiger partial charge in [-0.1, -0.05) is 57.5 Å². The molecule has 21 heavy (non-hydrogen) atoms. The summed E-state index contributed by atoms with van der Waals surface area (Å²) in [5.74, 6) is -0.00859. The van der Waals surface area contributed by atoms with Gasteiger partial charge in [0, 0.05) is 6.04 Å². The van der Waals surface area contributed by atoms with Crippen molar-refractivity contribution in [3.8, 4) is 0 Å². The Labute approximate surface area is 128 Å². The summed E-state index contributed by atoms with van der Waals surface area (Å²) < 4.78 is 0. The second-order valence-electron chi connectivity index (χ2n) is 6.23. The average molecular weight is 297 g/mol. The van der Waals surface area contributed by atoms with Crippen molar-refractivity contribution >= 4 is 11.7 Å². The molecule has 1 aliphatic rings. The number of hydrogen-bond donors (Lipinski definition) is 3. The summed E-state index contributed by atoms with van der Waals surface area (Å²) in [7, 11) is 0. The Morgan fingerprint density at radius 2 is 1.71 bits per heavy atom. The van der Waals surface area contributed by atoms with Crippen LogP contribution >= 0.6 is 0 Å². The van der Waals surface area contributed by atoms with Crippen LogP contribution < -0.4 is 11.1 Å². The molecule has 0 atom stereocenters. The van der Waals surface area contributed by atoms with Gasteiger partial charge in [0.05, 0.1) is 0 Å². The number of carbonyl (C=O) groups is 1. The summed E-state index contributed by atoms with van der Waals surface area (Å²) in [6.07, 6.45) is 9.81. The van der Waals surface area contributed by atoms with Gasteiger partial charge in [0.2, 0.25) is 5.91 Å². The molecule has 5 nitrogen and oxygen atoms in total. The molecule has 0 unspecified atom stereocenters. The molecule has 0 spiro atoms. The SMILES string of the molecule is CCCC(CCC)(C(=O)NC1CCCCCC1)C(N)=NO. The largest absolute Gasteiger partial charge is 0.409 e. The molecule has 1 fully saturated rings. The number of amidine groups is 1. The molecule has 0 heterocycles. The highest BCUT2D eigenvalue weighted by molar-refractivity contribution is 6.06. The maximum atomic E-state index is 12.8. The first-order chi connectivity index (χ1) is 10.1. The highest BCUT2D eigenvalue weighted by Crippen LogP contribution is 2.31. The van der Waals surface area contributed by atoms with Gasteiger partial charge in [-0.2, -0.15) is 0 Å². The van der Waals surface area contributed by atoms with Crippen molar-refractivity contribution < 1.29 is 10.0 Å². The van der Waals surface area contributed by atoms with E-state index >= 15 is 0 Å². The first kappa shape index (κ1) is 17.8. The Morgan fingerprint density at radius 1 is 1.19 bits per heavy atom. The molecule has 122 valence electrons. The van der Waals surface area contributed by atoms with Gasteiger partial charge in [0.25, 0.3) is 0 Å². The minimum atomic E-state index is -0.857. The first-order valence-corrected chi connectivity index (χ1v) is 8.39. The Bertz CT molecular complexity index is 341. The fourth-order valence-corrected chi connectivity index (χ4v) is 3.42. The lowest BCUT2D eigenvalue weighted by Crippen LogP contribution is -2.52. The number of oxime groups is 1. The van der Waals surface area contributed by atoms with E-state index in [-0.39, 0.29) is 17.8 Å². The lowest BCUT2D eigenvalue weighted by atomic mass is 9.77. The molecule has 0 aromatic heterocycles. The molecular formula is C16H31N3O2. The van der Waals surface area contributed by atoms with Crippen LogP contribution in [0, 0.1) is 5.41 Å². The van der Waals surface area contributed by atoms with E-state index in [9.17, 15) is 4.79 Å². The van der Waals surface area contributed by atoms with E-state index in [0.29, 0.717) is 12.8 Å². The minimum Gasteiger partial charge on any atom is -0.409 e. The molecular weight excluding hydrogens is 266 g/mol. The van der Waals surface area contributed by atoms with Gasteiger partial charge in [-0.05, 0) is 25.7 Å². The maximum Gasteiger partial charge on any atom is 0.234 e. The maximum absolute atomic E-state index is 12.8. The lowest BCUT2D eigenvalue weighted by molar-refractivity contribution is -0.129. The standard InChI is InChI=1S/C16H31N3O2/c1-3-11-16(12-4-2,14(17)19-21)15(20)18-13-9-7-5-6-8-10-13/h13,21H,3-12H2,1-2H3,(H2,17,19)(H,18,20). The fraction of sp³-hybridized carbons (Fsp3) is 0.875. The fourth-order valence-electron chi connectivity index (χ4n) is 3.42. The highest BCUT2D eigenvalue weighted by atomic mass is 16.4. The van der Waals surface area contributed by atoms with Gasteiger partial charge >= 0.3 is 0 Å². The first-order valence-electron chi connectivity index (χ1n) is 8.39. The van der Waals surface area contributed by atoms with E-state index in [1.54, 1.807) is 0 Å². The van der Waals surface area contributed by atoms with Crippen molar-refractivity contribution in [1.82, 2.24) is 5.32 Å². The van der Waals surface area contributed by atoms with E-state index in [2.05, 4.69) is 10.5 Å². The van der Waals surface area contributed by atoms with E-state index in [1.165, 1.54) is 25.7 Å². The van der Waals surface area contributed by atoms with Crippen molar-refractivity contribution in [3.05, 3.63) is 0 Å². The van der Waals surface area contributed by atoms with Gasteiger partial charge in [0.1, 0.15) is 5.41 Å². The Morgan fingerprint density at radius 3 is 2.14 bits per heavy atom. The zero-order valence-corrected chi connectivity index (χ0v) is 13.5. The lowest BCUT2D eigenvalue weighted by Gasteiger charge is -2.32. The second-order valence-corrected chi connectivity index (χ2v) is 6.23. The summed E-state index contributed by atoms with van der Waals surface area (Å²) >= 11 is 0. The van der Waals surface area contributed by atoms with Gasteiger partial charge in [0.15, 0.2) is 5.84 Å². The molecule has 1 rings (SSSR count). The molecule has 1 saturated carbocycles. The monoisotopic (exact) mass is 297 g/mol. The number of hydrogen-bond acceptors (Lipinski definition) is 3. The summed E-state index contributed by atoms with van der Waals surface area (Å²) in [6, 6.07) is 0.236. The molecule has 0 radical (unpaired) electrons. The molecule has 1 amide bonds. The molecule has 0 aromatic carbocycles. The normalized spacial score (nSPS) is 18.3. The van der Waals surface area contributed by atoms with Crippen molar-refractivity contribution in [2.45, 2.75) is 84.1 Å². The van der Waals surface area contributed by atoms with E-state index in [4.69, 9.17) is 10.9 Å². The molecule has 0 saturated heterocycles. The third kappa shape index (κ3) is 4.61. The minimum absolute atomic E-state index is 0.0531. The summed E-state index contributed by atoms with van der Waals surface area (Å²) in [5.41, 5.74) is 5.04. The van der Waals surface area contributed by atoms with Crippen LogP contribution in [0.1, 0.15) is 78.1 Å². The molecule has 4 N–H and O–H groups in total. The topological polar surface area (TPSA) is 87.7 Å². The second kappa shape index (κ2) is 8.90. The van der Waals surface area contributed by atoms with Crippen LogP contribution in [0.15, 0.2) is 5.16 Å². The number of amides is 1. The Balaban J connectivity index is 2.87. The van der Waals surface area contributed by atoms with Gasteiger partial charge in [-0.25, -0.2) is 0 Å². The third-order valence-corrected chi connectivity index (χ3v) is 4.58. The summed E-state index contributed by atoms with van der Waals surface area (Å²) in [6.45, 7) is 4.04. The van der Waals surface area contributed by atoms with Gasteiger partial charge < -0.3 is 16.3 Å². The van der Waals surface area contributed by atoms with Crippen LogP contribution in [0.5, 0.6) is 0 Å². The number of carbonyl (C=O) groups excluding carboxylic acids is 1. The van der Waals surface area contributed by atoms with E-state index in [0.717, 1.165) is 25.7 Å². The number of nitrogens with one attached hydrogen (secondary N) is 1. The average Bonchev–Trinajstić information content (AvgIpc) is 2.74. The van der Waals surface area contributed by atoms with Crippen LogP contribution in [0.25, 0.3) is 0 Å². The molecule has 1 aliphatic carbocycles. The van der Waals surface area contributed by atoms with Gasteiger partial charge in [-0.15, -0.1) is 0 Å². The quantitative estimate of drug-likeness (QED) is 0.222. The molecule has 0 aliphatic heterocycles. The van der Waals surface area contributed by atoms with Crippen molar-refractivity contribution in [1.29, 1.82) is 0 Å². The van der Waals surface area contributed by atoms with Crippen LogP contribution in [-0.2, 0) is 4.79 Å². The number of nitrogens with zero attached hydrogens (tertiary/aromatic N) is 1. The zero-order valence-electron chi connectivity index (χ0n) is 13.5. The van der Waals surface area contributed by atoms with Crippen molar-refractivity contribution in [2.75, 3.05) is 0 Å². The zero-order chi connectivity index (χ0) is 15.7. The highest BCUT2D eigenvalue weighted by Gasteiger charge is 2.42. The third-order valence-electron chi connectivity index (χ3n) is 4.58. The van der Waals surface area contributed by atoms with Crippen molar-refractivity contribution in [3.63, 3.8) is 0 Å². The molecule has 0 aromatic rings. The van der Waals surface area contributed by atoms with Crippen LogP contribution in [0.2, 0.25) is 0 Å². The smallest absolute Gasteiger partial charge is 0.234 e. The number of nitrogens with two attached hydrogens (primary N) is 1. The van der Waals surface area contributed by atoms with Crippen LogP contribution in [0.3, 0.4) is 0 Å². The Hall–Kier alpha value is -1.26. The predicted molar refractivity (Wildman–Crippen MR) is 85.3 cm³/mol. The van der Waals surface area contributed by atoms with E-state index < -0.39 is 5.41 Å². The van der Waals surface area contributed by atoms with Crippen LogP contribution in [-0.4, -0.2) is 23.0 Å². The number of rotatable bonds is 7. The van der Waals surface area contributed by atoms with Gasteiger partial charge in [-0.3, -0.25) is 4.79 Å². The predicted octanol–water partition coefficient (Wildman–Crippen LogP) is 3.16. The Kier molecular flexibility index (Phi) is 7.54. The molecule has 5 heteroatoms. The van der Waals surface area contributed by atoms with E-state index in [1.807, 2.05) is 13.8 Å². The summed E-state index contributed by atoms with van der Waals surface area (Å²) in [4.78, 5) is 12.8. The summed E-state index contributed by atoms with van der Waals surface area (Å²) in [5, 5.41) is 15.4. The van der Waals surface area contributed by atoms with Crippen LogP contribution in [0.4, 0.5) is 0 Å².